The molecular formula is C11H15F2N2O6S2+. The molecule has 1 saturated carbocycles. The summed E-state index contributed by atoms with van der Waals surface area (Å²) in [5.74, 6) is -6.66. The molecule has 0 spiro atoms. The highest BCUT2D eigenvalue weighted by Gasteiger charge is 2.47. The van der Waals surface area contributed by atoms with Crippen molar-refractivity contribution in [2.45, 2.75) is 19.3 Å². The maximum Gasteiger partial charge on any atom is 0.557 e. The molecule has 130 valence electrons. The Bertz CT molecular complexity index is 636. The normalized spacial score (nSPS) is 23.2. The van der Waals surface area contributed by atoms with E-state index in [9.17, 15) is 35.1 Å². The molecule has 8 nitrogen and oxygen atoms in total. The third kappa shape index (κ3) is 4.78. The fraction of sp³-hybridized carbons (Fsp3) is 0.636. The van der Waals surface area contributed by atoms with E-state index in [-0.39, 0.29) is 19.3 Å². The van der Waals surface area contributed by atoms with Crippen molar-refractivity contribution >= 4 is 46.3 Å². The number of ketones is 1. The van der Waals surface area contributed by atoms with Gasteiger partial charge in [0.2, 0.25) is 11.8 Å². The van der Waals surface area contributed by atoms with Gasteiger partial charge in [-0.25, -0.2) is 4.79 Å². The van der Waals surface area contributed by atoms with Crippen LogP contribution in [0, 0.1) is 11.8 Å². The van der Waals surface area contributed by atoms with Gasteiger partial charge in [0.15, 0.2) is 24.1 Å². The van der Waals surface area contributed by atoms with Crippen LogP contribution in [0.4, 0.5) is 7.77 Å². The summed E-state index contributed by atoms with van der Waals surface area (Å²) in [7, 11) is -4.27. The minimum absolute atomic E-state index is 0.0538. The molecule has 3 unspecified atom stereocenters. The molecule has 0 aromatic rings. The standard InChI is InChI=1S/C11H15F2N2O6S2/c1-14(6-22(12)19)10(17)7-4-3-5-8(9(7)16)11(18)15(2)23(13,20)21/h7-8H,2-6H2,1H3/q+1. The van der Waals surface area contributed by atoms with Crippen LogP contribution in [0.25, 0.3) is 0 Å². The molecule has 23 heavy (non-hydrogen) atoms. The van der Waals surface area contributed by atoms with Gasteiger partial charge in [-0.3, -0.25) is 14.5 Å². The van der Waals surface area contributed by atoms with Gasteiger partial charge in [0.25, 0.3) is 0 Å². The van der Waals surface area contributed by atoms with Crippen LogP contribution in [0.2, 0.25) is 0 Å². The molecule has 1 rings (SSSR count). The van der Waals surface area contributed by atoms with Crippen LogP contribution in [0.3, 0.4) is 0 Å². The van der Waals surface area contributed by atoms with Crippen molar-refractivity contribution in [3.8, 4) is 0 Å². The Morgan fingerprint density at radius 1 is 1.43 bits per heavy atom. The van der Waals surface area contributed by atoms with E-state index in [2.05, 4.69) is 6.72 Å². The largest absolute Gasteiger partial charge is 0.579 e. The summed E-state index contributed by atoms with van der Waals surface area (Å²) in [5, 5.41) is 0. The molecule has 0 N–H and O–H groups in total. The first kappa shape index (κ1) is 19.6. The first-order chi connectivity index (χ1) is 10.5. The van der Waals surface area contributed by atoms with Gasteiger partial charge in [0.05, 0.1) is 5.92 Å². The molecule has 12 heteroatoms. The molecular weight excluding hydrogens is 358 g/mol. The minimum atomic E-state index is -5.41. The number of rotatable bonds is 5. The maximum absolute atomic E-state index is 12.8. The van der Waals surface area contributed by atoms with E-state index < -0.39 is 61.3 Å². The summed E-state index contributed by atoms with van der Waals surface area (Å²) < 4.78 is 56.6. The lowest BCUT2D eigenvalue weighted by Crippen LogP contribution is -2.46. The molecule has 0 aromatic heterocycles. The summed E-state index contributed by atoms with van der Waals surface area (Å²) in [6.07, 6.45) is 0.247. The highest BCUT2D eigenvalue weighted by atomic mass is 32.3. The Balaban J connectivity index is 2.93. The predicted octanol–water partition coefficient (Wildman–Crippen LogP) is -0.525. The Labute approximate surface area is 135 Å². The highest BCUT2D eigenvalue weighted by Crippen LogP contribution is 2.28. The third-order valence-corrected chi connectivity index (χ3v) is 4.75. The van der Waals surface area contributed by atoms with E-state index in [4.69, 9.17) is 0 Å². The molecule has 0 aliphatic heterocycles. The number of halogens is 2. The Morgan fingerprint density at radius 3 is 2.43 bits per heavy atom. The van der Waals surface area contributed by atoms with E-state index in [1.54, 1.807) is 0 Å². The summed E-state index contributed by atoms with van der Waals surface area (Å²) in [4.78, 5) is 36.9. The first-order valence-electron chi connectivity index (χ1n) is 6.39. The van der Waals surface area contributed by atoms with Crippen LogP contribution in [0.5, 0.6) is 0 Å². The van der Waals surface area contributed by atoms with Crippen LogP contribution in [0.15, 0.2) is 0 Å². The average molecular weight is 373 g/mol. The molecule has 0 saturated heterocycles. The second-order valence-corrected chi connectivity index (χ2v) is 7.13. The quantitative estimate of drug-likeness (QED) is 0.210. The van der Waals surface area contributed by atoms with Crippen molar-refractivity contribution in [2.75, 3.05) is 12.9 Å². The summed E-state index contributed by atoms with van der Waals surface area (Å²) in [6.45, 7) is 2.75. The zero-order chi connectivity index (χ0) is 17.9. The number of hydrogen-bond acceptors (Lipinski definition) is 6. The van der Waals surface area contributed by atoms with E-state index in [1.807, 2.05) is 0 Å². The Kier molecular flexibility index (Phi) is 6.36. The van der Waals surface area contributed by atoms with E-state index >= 15 is 0 Å². The zero-order valence-electron chi connectivity index (χ0n) is 12.1. The fourth-order valence-corrected chi connectivity index (χ4v) is 3.08. The molecule has 0 radical (unpaired) electrons. The predicted molar refractivity (Wildman–Crippen MR) is 75.1 cm³/mol. The lowest BCUT2D eigenvalue weighted by atomic mass is 9.79. The number of amides is 2. The van der Waals surface area contributed by atoms with E-state index in [1.165, 1.54) is 0 Å². The number of carbonyl (C=O) groups is 3. The molecule has 3 atom stereocenters. The number of Topliss-reactive ketones (excluding diaryl/α,β-unsaturated/α-hetero) is 1. The summed E-state index contributed by atoms with van der Waals surface area (Å²) in [6, 6.07) is 0. The SMILES string of the molecule is C=[N+](C(=O)C1CCCC(C(=O)N(C)C[S+]([O-])F)C1=O)S(=O)(=O)F. The Hall–Kier alpha value is -1.40. The second kappa shape index (κ2) is 7.45. The van der Waals surface area contributed by atoms with Crippen molar-refractivity contribution in [2.24, 2.45) is 11.8 Å². The minimum Gasteiger partial charge on any atom is -0.579 e. The number of carbonyl (C=O) groups excluding carboxylic acids is 3. The van der Waals surface area contributed by atoms with Crippen molar-refractivity contribution < 1.29 is 39.1 Å². The van der Waals surface area contributed by atoms with Gasteiger partial charge in [-0.1, -0.05) is 6.42 Å². The van der Waals surface area contributed by atoms with Gasteiger partial charge >= 0.3 is 16.3 Å². The molecule has 0 bridgehead atoms. The van der Waals surface area contributed by atoms with E-state index in [0.29, 0.717) is 0 Å². The van der Waals surface area contributed by atoms with Crippen LogP contribution in [0.1, 0.15) is 19.3 Å². The van der Waals surface area contributed by atoms with Gasteiger partial charge in [-0.2, -0.15) is 0 Å². The van der Waals surface area contributed by atoms with Gasteiger partial charge < -0.3 is 4.55 Å². The first-order valence-corrected chi connectivity index (χ1v) is 8.95. The maximum atomic E-state index is 12.8. The summed E-state index contributed by atoms with van der Waals surface area (Å²) in [5.41, 5.74) is 0. The average Bonchev–Trinajstić information content (AvgIpc) is 2.43. The van der Waals surface area contributed by atoms with Gasteiger partial charge in [-0.15, -0.1) is 8.42 Å². The monoisotopic (exact) mass is 373 g/mol. The fourth-order valence-electron chi connectivity index (χ4n) is 2.31. The zero-order valence-corrected chi connectivity index (χ0v) is 13.7. The molecule has 1 aliphatic rings. The van der Waals surface area contributed by atoms with Crippen molar-refractivity contribution in [3.05, 3.63) is 0 Å². The molecule has 2 amide bonds. The van der Waals surface area contributed by atoms with Crippen LogP contribution >= 0.6 is 0 Å². The van der Waals surface area contributed by atoms with Crippen LogP contribution < -0.4 is 0 Å². The molecule has 0 heterocycles. The number of nitrogens with zero attached hydrogens (tertiary/aromatic N) is 2. The van der Waals surface area contributed by atoms with Crippen molar-refractivity contribution in [1.29, 1.82) is 0 Å². The smallest absolute Gasteiger partial charge is 0.557 e. The molecule has 0 aromatic carbocycles. The van der Waals surface area contributed by atoms with Gasteiger partial charge in [0.1, 0.15) is 5.92 Å². The lowest BCUT2D eigenvalue weighted by molar-refractivity contribution is -0.309. The molecule has 1 fully saturated rings. The Morgan fingerprint density at radius 2 is 1.96 bits per heavy atom. The van der Waals surface area contributed by atoms with Gasteiger partial charge in [-0.05, 0) is 20.7 Å². The summed E-state index contributed by atoms with van der Waals surface area (Å²) >= 11 is -2.79. The van der Waals surface area contributed by atoms with Crippen molar-refractivity contribution in [1.82, 2.24) is 4.90 Å². The van der Waals surface area contributed by atoms with Crippen LogP contribution in [-0.4, -0.2) is 59.1 Å². The third-order valence-electron chi connectivity index (χ3n) is 3.45. The topological polar surface area (TPSA) is 115 Å². The van der Waals surface area contributed by atoms with Crippen LogP contribution in [-0.2, 0) is 36.4 Å². The van der Waals surface area contributed by atoms with Gasteiger partial charge in [0, 0.05) is 10.9 Å². The van der Waals surface area contributed by atoms with Crippen molar-refractivity contribution in [3.63, 3.8) is 0 Å². The molecule has 1 aliphatic carbocycles. The lowest BCUT2D eigenvalue weighted by Gasteiger charge is -2.26. The highest BCUT2D eigenvalue weighted by molar-refractivity contribution is 7.86. The van der Waals surface area contributed by atoms with E-state index in [0.717, 1.165) is 11.9 Å². The number of hydrogen-bond donors (Lipinski definition) is 0. The second-order valence-electron chi connectivity index (χ2n) is 5.02.